The number of rotatable bonds is 5. The van der Waals surface area contributed by atoms with Gasteiger partial charge in [0.25, 0.3) is 5.91 Å². The number of benzene rings is 2. The first-order chi connectivity index (χ1) is 11.2. The number of nitrogens with one attached hydrogen (secondary N) is 1. The minimum absolute atomic E-state index is 0.111. The molecule has 1 heterocycles. The maximum absolute atomic E-state index is 11.8. The van der Waals surface area contributed by atoms with Gasteiger partial charge in [0.15, 0.2) is 0 Å². The van der Waals surface area contributed by atoms with Crippen molar-refractivity contribution in [1.29, 1.82) is 0 Å². The number of para-hydroxylation sites is 1. The Kier molecular flexibility index (Phi) is 4.63. The zero-order valence-corrected chi connectivity index (χ0v) is 13.0. The Balaban J connectivity index is 1.49. The van der Waals surface area contributed by atoms with E-state index in [2.05, 4.69) is 10.3 Å². The van der Waals surface area contributed by atoms with Crippen LogP contribution in [0.1, 0.15) is 15.4 Å². The van der Waals surface area contributed by atoms with Crippen molar-refractivity contribution in [2.24, 2.45) is 0 Å². The number of carbonyl (C=O) groups is 2. The molecular formula is C17H14N2O3S. The Morgan fingerprint density at radius 2 is 1.78 bits per heavy atom. The molecule has 0 aliphatic rings. The molecule has 0 aliphatic carbocycles. The van der Waals surface area contributed by atoms with Crippen molar-refractivity contribution >= 4 is 33.4 Å². The van der Waals surface area contributed by atoms with Crippen LogP contribution < -0.4 is 5.32 Å². The van der Waals surface area contributed by atoms with Crippen LogP contribution in [0.5, 0.6) is 0 Å². The van der Waals surface area contributed by atoms with Crippen LogP contribution in [-0.2, 0) is 16.1 Å². The zero-order valence-electron chi connectivity index (χ0n) is 12.2. The molecule has 1 aromatic heterocycles. The van der Waals surface area contributed by atoms with Gasteiger partial charge in [-0.3, -0.25) is 9.59 Å². The molecule has 2 aromatic carbocycles. The van der Waals surface area contributed by atoms with Gasteiger partial charge in [0, 0.05) is 5.56 Å². The third-order valence-electron chi connectivity index (χ3n) is 3.12. The molecule has 3 rings (SSSR count). The van der Waals surface area contributed by atoms with Crippen LogP contribution in [0.15, 0.2) is 54.6 Å². The number of ether oxygens (including phenoxy) is 1. The van der Waals surface area contributed by atoms with Crippen molar-refractivity contribution in [3.05, 3.63) is 65.2 Å². The molecule has 0 bridgehead atoms. The maximum Gasteiger partial charge on any atom is 0.325 e. The Morgan fingerprint density at radius 1 is 1.04 bits per heavy atom. The Morgan fingerprint density at radius 3 is 2.57 bits per heavy atom. The Labute approximate surface area is 136 Å². The minimum Gasteiger partial charge on any atom is -0.457 e. The highest BCUT2D eigenvalue weighted by Crippen LogP contribution is 2.21. The number of aromatic nitrogens is 1. The predicted octanol–water partition coefficient (Wildman–Crippen LogP) is 2.77. The lowest BCUT2D eigenvalue weighted by molar-refractivity contribution is -0.143. The third-order valence-corrected chi connectivity index (χ3v) is 4.13. The van der Waals surface area contributed by atoms with Crippen LogP contribution in [0.2, 0.25) is 0 Å². The van der Waals surface area contributed by atoms with Gasteiger partial charge in [0.2, 0.25) is 0 Å². The molecule has 1 N–H and O–H groups in total. The number of amides is 1. The number of carbonyl (C=O) groups excluding carboxylic acids is 2. The van der Waals surface area contributed by atoms with Crippen LogP contribution in [0.3, 0.4) is 0 Å². The van der Waals surface area contributed by atoms with Crippen molar-refractivity contribution in [3.63, 3.8) is 0 Å². The summed E-state index contributed by atoms with van der Waals surface area (Å²) in [5.41, 5.74) is 1.40. The third kappa shape index (κ3) is 3.92. The summed E-state index contributed by atoms with van der Waals surface area (Å²) in [4.78, 5) is 27.9. The SMILES string of the molecule is O=C(CNC(=O)c1ccccc1)OCc1nc2ccccc2s1. The number of thiazole rings is 1. The molecule has 0 saturated carbocycles. The number of nitrogens with zero attached hydrogens (tertiary/aromatic N) is 1. The van der Waals surface area contributed by atoms with E-state index in [0.717, 1.165) is 15.2 Å². The lowest BCUT2D eigenvalue weighted by Gasteiger charge is -2.05. The summed E-state index contributed by atoms with van der Waals surface area (Å²) in [6.45, 7) is -0.0575. The molecule has 3 aromatic rings. The fourth-order valence-electron chi connectivity index (χ4n) is 2.02. The summed E-state index contributed by atoms with van der Waals surface area (Å²) in [6, 6.07) is 16.5. The van der Waals surface area contributed by atoms with Crippen molar-refractivity contribution in [1.82, 2.24) is 10.3 Å². The number of hydrogen-bond donors (Lipinski definition) is 1. The summed E-state index contributed by atoms with van der Waals surface area (Å²) in [5.74, 6) is -0.795. The van der Waals surface area contributed by atoms with Gasteiger partial charge >= 0.3 is 5.97 Å². The van der Waals surface area contributed by atoms with Crippen LogP contribution >= 0.6 is 11.3 Å². The van der Waals surface area contributed by atoms with Gasteiger partial charge in [-0.05, 0) is 24.3 Å². The molecule has 0 fully saturated rings. The average Bonchev–Trinajstić information content (AvgIpc) is 3.01. The van der Waals surface area contributed by atoms with Gasteiger partial charge in [-0.1, -0.05) is 30.3 Å². The van der Waals surface area contributed by atoms with Gasteiger partial charge in [-0.15, -0.1) is 11.3 Å². The van der Waals surface area contributed by atoms with Gasteiger partial charge in [-0.25, -0.2) is 4.98 Å². The molecule has 0 aliphatic heterocycles. The first-order valence-electron chi connectivity index (χ1n) is 7.06. The summed E-state index contributed by atoms with van der Waals surface area (Å²) >= 11 is 1.48. The molecule has 0 unspecified atom stereocenters. The summed E-state index contributed by atoms with van der Waals surface area (Å²) < 4.78 is 6.19. The summed E-state index contributed by atoms with van der Waals surface area (Å²) in [6.07, 6.45) is 0. The predicted molar refractivity (Wildman–Crippen MR) is 88.2 cm³/mol. The molecule has 1 amide bonds. The van der Waals surface area contributed by atoms with Gasteiger partial charge in [-0.2, -0.15) is 0 Å². The van der Waals surface area contributed by atoms with E-state index in [-0.39, 0.29) is 19.1 Å². The fourth-order valence-corrected chi connectivity index (χ4v) is 2.90. The molecule has 0 atom stereocenters. The average molecular weight is 326 g/mol. The van der Waals surface area contributed by atoms with E-state index in [1.165, 1.54) is 11.3 Å². The van der Waals surface area contributed by atoms with Crippen LogP contribution in [0.25, 0.3) is 10.2 Å². The second kappa shape index (κ2) is 7.02. The van der Waals surface area contributed by atoms with E-state index in [1.807, 2.05) is 30.3 Å². The highest BCUT2D eigenvalue weighted by molar-refractivity contribution is 7.18. The van der Waals surface area contributed by atoms with E-state index >= 15 is 0 Å². The first-order valence-corrected chi connectivity index (χ1v) is 7.87. The monoisotopic (exact) mass is 326 g/mol. The topological polar surface area (TPSA) is 68.3 Å². The van der Waals surface area contributed by atoms with Crippen molar-refractivity contribution < 1.29 is 14.3 Å². The molecule has 6 heteroatoms. The Hall–Kier alpha value is -2.73. The smallest absolute Gasteiger partial charge is 0.325 e. The second-order valence-corrected chi connectivity index (χ2v) is 5.90. The van der Waals surface area contributed by atoms with Crippen molar-refractivity contribution in [3.8, 4) is 0 Å². The largest absolute Gasteiger partial charge is 0.457 e. The van der Waals surface area contributed by atoms with Gasteiger partial charge < -0.3 is 10.1 Å². The molecule has 0 radical (unpaired) electrons. The number of esters is 1. The lowest BCUT2D eigenvalue weighted by atomic mass is 10.2. The molecular weight excluding hydrogens is 312 g/mol. The summed E-state index contributed by atoms with van der Waals surface area (Å²) in [7, 11) is 0. The maximum atomic E-state index is 11.8. The van der Waals surface area contributed by atoms with Gasteiger partial charge in [0.05, 0.1) is 10.2 Å². The summed E-state index contributed by atoms with van der Waals surface area (Å²) in [5, 5.41) is 3.26. The van der Waals surface area contributed by atoms with Gasteiger partial charge in [0.1, 0.15) is 18.2 Å². The Bertz CT molecular complexity index is 797. The molecule has 0 saturated heterocycles. The first kappa shape index (κ1) is 15.2. The number of hydrogen-bond acceptors (Lipinski definition) is 5. The minimum atomic E-state index is -0.492. The van der Waals surface area contributed by atoms with Crippen LogP contribution in [-0.4, -0.2) is 23.4 Å². The van der Waals surface area contributed by atoms with E-state index in [1.54, 1.807) is 24.3 Å². The highest BCUT2D eigenvalue weighted by atomic mass is 32.1. The van der Waals surface area contributed by atoms with Crippen molar-refractivity contribution in [2.45, 2.75) is 6.61 Å². The standard InChI is InChI=1S/C17H14N2O3S/c20-16(10-18-17(21)12-6-2-1-3-7-12)22-11-15-19-13-8-4-5-9-14(13)23-15/h1-9H,10-11H2,(H,18,21). The zero-order chi connectivity index (χ0) is 16.1. The molecule has 0 spiro atoms. The molecule has 5 nitrogen and oxygen atoms in total. The molecule has 116 valence electrons. The van der Waals surface area contributed by atoms with E-state index in [4.69, 9.17) is 4.74 Å². The van der Waals surface area contributed by atoms with E-state index in [0.29, 0.717) is 5.56 Å². The molecule has 23 heavy (non-hydrogen) atoms. The van der Waals surface area contributed by atoms with Crippen LogP contribution in [0.4, 0.5) is 0 Å². The fraction of sp³-hybridized carbons (Fsp3) is 0.118. The van der Waals surface area contributed by atoms with Crippen LogP contribution in [0, 0.1) is 0 Å². The van der Waals surface area contributed by atoms with Crippen molar-refractivity contribution in [2.75, 3.05) is 6.54 Å². The van der Waals surface area contributed by atoms with E-state index in [9.17, 15) is 9.59 Å². The van der Waals surface area contributed by atoms with E-state index < -0.39 is 5.97 Å². The lowest BCUT2D eigenvalue weighted by Crippen LogP contribution is -2.30. The number of fused-ring (bicyclic) bond motifs is 1. The normalized spacial score (nSPS) is 10.4. The second-order valence-electron chi connectivity index (χ2n) is 4.78. The quantitative estimate of drug-likeness (QED) is 0.732. The highest BCUT2D eigenvalue weighted by Gasteiger charge is 2.10.